The molecular weight excluding hydrogens is 270 g/mol. The number of carbonyl (C=O) groups is 1. The molecule has 1 fully saturated rings. The van der Waals surface area contributed by atoms with Gasteiger partial charge in [0.05, 0.1) is 10.6 Å². The highest BCUT2D eigenvalue weighted by atomic mass is 16.6. The van der Waals surface area contributed by atoms with Crippen molar-refractivity contribution in [3.05, 3.63) is 33.9 Å². The number of nitrogens with zero attached hydrogens (tertiary/aromatic N) is 2. The number of benzene rings is 1. The second-order valence-electron chi connectivity index (χ2n) is 5.93. The van der Waals surface area contributed by atoms with Gasteiger partial charge in [0.1, 0.15) is 0 Å². The maximum Gasteiger partial charge on any atom is 0.271 e. The Labute approximate surface area is 123 Å². The standard InChI is InChI=1S/C15H19N3O3/c16-12-3-1-2-11(8-12)15(19)17-7-6-10-4-5-13(18(20)21)9-14(10)17/h4-5,9,11-12H,1-3,6-8,16H2. The monoisotopic (exact) mass is 289 g/mol. The lowest BCUT2D eigenvalue weighted by Gasteiger charge is -2.29. The van der Waals surface area contributed by atoms with E-state index in [0.717, 1.165) is 37.7 Å². The third kappa shape index (κ3) is 2.63. The number of amides is 1. The number of hydrogen-bond acceptors (Lipinski definition) is 4. The average Bonchev–Trinajstić information content (AvgIpc) is 2.89. The van der Waals surface area contributed by atoms with Crippen LogP contribution >= 0.6 is 0 Å². The largest absolute Gasteiger partial charge is 0.328 e. The molecule has 1 aromatic rings. The molecule has 0 saturated heterocycles. The quantitative estimate of drug-likeness (QED) is 0.666. The number of hydrogen-bond donors (Lipinski definition) is 1. The number of nitro benzene ring substituents is 1. The molecule has 2 aliphatic rings. The molecule has 1 aliphatic heterocycles. The third-order valence-electron chi connectivity index (χ3n) is 4.51. The van der Waals surface area contributed by atoms with Crippen LogP contribution in [0.4, 0.5) is 11.4 Å². The van der Waals surface area contributed by atoms with Gasteiger partial charge in [0.2, 0.25) is 5.91 Å². The van der Waals surface area contributed by atoms with E-state index < -0.39 is 4.92 Å². The van der Waals surface area contributed by atoms with E-state index in [0.29, 0.717) is 12.2 Å². The Morgan fingerprint density at radius 3 is 2.90 bits per heavy atom. The summed E-state index contributed by atoms with van der Waals surface area (Å²) in [5.74, 6) is 0.0309. The first kappa shape index (κ1) is 14.0. The van der Waals surface area contributed by atoms with Crippen LogP contribution in [0.3, 0.4) is 0 Å². The van der Waals surface area contributed by atoms with Gasteiger partial charge >= 0.3 is 0 Å². The molecule has 0 aromatic heterocycles. The highest BCUT2D eigenvalue weighted by Crippen LogP contribution is 2.34. The SMILES string of the molecule is NC1CCCC(C(=O)N2CCc3ccc([N+](=O)[O-])cc32)C1. The lowest BCUT2D eigenvalue weighted by molar-refractivity contribution is -0.384. The van der Waals surface area contributed by atoms with E-state index >= 15 is 0 Å². The Kier molecular flexibility index (Phi) is 3.63. The number of non-ortho nitro benzene ring substituents is 1. The Morgan fingerprint density at radius 2 is 2.19 bits per heavy atom. The Hall–Kier alpha value is -1.95. The molecule has 1 heterocycles. The van der Waals surface area contributed by atoms with E-state index in [-0.39, 0.29) is 23.6 Å². The second kappa shape index (κ2) is 5.44. The van der Waals surface area contributed by atoms with Gasteiger partial charge in [0.15, 0.2) is 0 Å². The highest BCUT2D eigenvalue weighted by Gasteiger charge is 2.33. The van der Waals surface area contributed by atoms with Crippen molar-refractivity contribution in [1.29, 1.82) is 0 Å². The third-order valence-corrected chi connectivity index (χ3v) is 4.51. The molecule has 0 radical (unpaired) electrons. The molecule has 2 N–H and O–H groups in total. The number of nitro groups is 1. The van der Waals surface area contributed by atoms with Gasteiger partial charge in [0.25, 0.3) is 5.69 Å². The van der Waals surface area contributed by atoms with Crippen molar-refractivity contribution in [2.75, 3.05) is 11.4 Å². The van der Waals surface area contributed by atoms with Gasteiger partial charge < -0.3 is 10.6 Å². The van der Waals surface area contributed by atoms with Crippen LogP contribution in [0.15, 0.2) is 18.2 Å². The van der Waals surface area contributed by atoms with Crippen LogP contribution in [0.5, 0.6) is 0 Å². The first-order valence-corrected chi connectivity index (χ1v) is 7.40. The van der Waals surface area contributed by atoms with Crippen molar-refractivity contribution in [2.24, 2.45) is 11.7 Å². The smallest absolute Gasteiger partial charge is 0.271 e. The molecule has 1 saturated carbocycles. The lowest BCUT2D eigenvalue weighted by atomic mass is 9.85. The van der Waals surface area contributed by atoms with Crippen molar-refractivity contribution in [2.45, 2.75) is 38.1 Å². The molecule has 0 spiro atoms. The van der Waals surface area contributed by atoms with Crippen LogP contribution in [0.25, 0.3) is 0 Å². The molecule has 1 aliphatic carbocycles. The average molecular weight is 289 g/mol. The zero-order chi connectivity index (χ0) is 15.0. The van der Waals surface area contributed by atoms with E-state index in [2.05, 4.69) is 0 Å². The van der Waals surface area contributed by atoms with Crippen molar-refractivity contribution in [3.8, 4) is 0 Å². The van der Waals surface area contributed by atoms with Gasteiger partial charge in [-0.15, -0.1) is 0 Å². The molecule has 112 valence electrons. The summed E-state index contributed by atoms with van der Waals surface area (Å²) in [5, 5.41) is 10.9. The molecule has 0 bridgehead atoms. The Balaban J connectivity index is 1.84. The van der Waals surface area contributed by atoms with Crippen LogP contribution in [0.2, 0.25) is 0 Å². The van der Waals surface area contributed by atoms with E-state index in [4.69, 9.17) is 5.73 Å². The normalized spacial score (nSPS) is 24.7. The zero-order valence-corrected chi connectivity index (χ0v) is 11.8. The minimum absolute atomic E-state index is 0.0359. The van der Waals surface area contributed by atoms with E-state index in [1.54, 1.807) is 11.0 Å². The number of anilines is 1. The number of fused-ring (bicyclic) bond motifs is 1. The molecule has 6 nitrogen and oxygen atoms in total. The first-order valence-electron chi connectivity index (χ1n) is 7.40. The molecule has 2 atom stereocenters. The number of nitrogens with two attached hydrogens (primary N) is 1. The Bertz CT molecular complexity index is 588. The highest BCUT2D eigenvalue weighted by molar-refractivity contribution is 5.97. The van der Waals surface area contributed by atoms with Gasteiger partial charge in [-0.2, -0.15) is 0 Å². The Morgan fingerprint density at radius 1 is 1.38 bits per heavy atom. The lowest BCUT2D eigenvalue weighted by Crippen LogP contribution is -2.40. The first-order chi connectivity index (χ1) is 10.1. The van der Waals surface area contributed by atoms with Crippen molar-refractivity contribution in [1.82, 2.24) is 0 Å². The predicted molar refractivity (Wildman–Crippen MR) is 79.1 cm³/mol. The zero-order valence-electron chi connectivity index (χ0n) is 11.8. The molecule has 2 unspecified atom stereocenters. The number of rotatable bonds is 2. The summed E-state index contributed by atoms with van der Waals surface area (Å²) in [7, 11) is 0. The van der Waals surface area contributed by atoms with Crippen LogP contribution in [0.1, 0.15) is 31.2 Å². The fraction of sp³-hybridized carbons (Fsp3) is 0.533. The van der Waals surface area contributed by atoms with Crippen molar-refractivity contribution < 1.29 is 9.72 Å². The molecular formula is C15H19N3O3. The van der Waals surface area contributed by atoms with Crippen LogP contribution < -0.4 is 10.6 Å². The summed E-state index contributed by atoms with van der Waals surface area (Å²) < 4.78 is 0. The maximum atomic E-state index is 12.7. The predicted octanol–water partition coefficient (Wildman–Crippen LogP) is 2.00. The molecule has 21 heavy (non-hydrogen) atoms. The molecule has 1 amide bonds. The van der Waals surface area contributed by atoms with E-state index in [1.807, 2.05) is 0 Å². The summed E-state index contributed by atoms with van der Waals surface area (Å²) in [6.07, 6.45) is 4.31. The van der Waals surface area contributed by atoms with Gasteiger partial charge in [-0.25, -0.2) is 0 Å². The minimum Gasteiger partial charge on any atom is -0.328 e. The van der Waals surface area contributed by atoms with Gasteiger partial charge in [-0.3, -0.25) is 14.9 Å². The second-order valence-corrected chi connectivity index (χ2v) is 5.93. The van der Waals surface area contributed by atoms with Crippen LogP contribution in [-0.2, 0) is 11.2 Å². The summed E-state index contributed by atoms with van der Waals surface area (Å²) in [6, 6.07) is 4.87. The van der Waals surface area contributed by atoms with Gasteiger partial charge in [0, 0.05) is 30.6 Å². The number of carbonyl (C=O) groups excluding carboxylic acids is 1. The summed E-state index contributed by atoms with van der Waals surface area (Å²) in [5.41, 5.74) is 7.71. The minimum atomic E-state index is -0.419. The summed E-state index contributed by atoms with van der Waals surface area (Å²) in [6.45, 7) is 0.612. The molecule has 1 aromatic carbocycles. The molecule has 3 rings (SSSR count). The fourth-order valence-corrected chi connectivity index (χ4v) is 3.38. The van der Waals surface area contributed by atoms with E-state index in [1.165, 1.54) is 12.1 Å². The molecule has 6 heteroatoms. The summed E-state index contributed by atoms with van der Waals surface area (Å²) in [4.78, 5) is 24.9. The van der Waals surface area contributed by atoms with Gasteiger partial charge in [-0.1, -0.05) is 12.5 Å². The van der Waals surface area contributed by atoms with Crippen molar-refractivity contribution in [3.63, 3.8) is 0 Å². The van der Waals surface area contributed by atoms with Gasteiger partial charge in [-0.05, 0) is 31.2 Å². The van der Waals surface area contributed by atoms with Crippen LogP contribution in [-0.4, -0.2) is 23.4 Å². The fourth-order valence-electron chi connectivity index (χ4n) is 3.38. The van der Waals surface area contributed by atoms with Crippen molar-refractivity contribution >= 4 is 17.3 Å². The summed E-state index contributed by atoms with van der Waals surface area (Å²) >= 11 is 0. The maximum absolute atomic E-state index is 12.7. The topological polar surface area (TPSA) is 89.5 Å². The van der Waals surface area contributed by atoms with Crippen LogP contribution in [0, 0.1) is 16.0 Å². The van der Waals surface area contributed by atoms with E-state index in [9.17, 15) is 14.9 Å².